The topological polar surface area (TPSA) is 117 Å². The molecular formula is C26H34N2O6. The van der Waals surface area contributed by atoms with Gasteiger partial charge in [-0.15, -0.1) is 0 Å². The molecule has 1 heterocycles. The van der Waals surface area contributed by atoms with Crippen molar-refractivity contribution in [3.05, 3.63) is 58.7 Å². The van der Waals surface area contributed by atoms with Crippen LogP contribution in [0.4, 0.5) is 0 Å². The van der Waals surface area contributed by atoms with Crippen LogP contribution in [0.15, 0.2) is 36.4 Å². The molecule has 1 aliphatic rings. The Hall–Kier alpha value is -3.10. The van der Waals surface area contributed by atoms with Gasteiger partial charge in [0.1, 0.15) is 23.6 Å². The van der Waals surface area contributed by atoms with Gasteiger partial charge >= 0.3 is 11.9 Å². The van der Waals surface area contributed by atoms with Gasteiger partial charge in [-0.3, -0.25) is 20.2 Å². The first-order valence-electron chi connectivity index (χ1n) is 11.6. The molecule has 0 aromatic heterocycles. The normalized spacial score (nSPS) is 18.9. The number of hydrogen-bond acceptors (Lipinski definition) is 8. The number of ether oxygens (including phenoxy) is 2. The van der Waals surface area contributed by atoms with Crippen LogP contribution in [0.5, 0.6) is 11.5 Å². The number of nitrogens with one attached hydrogen (secondary N) is 2. The quantitative estimate of drug-likeness (QED) is 0.504. The molecule has 0 saturated carbocycles. The van der Waals surface area contributed by atoms with Crippen LogP contribution in [0.3, 0.4) is 0 Å². The van der Waals surface area contributed by atoms with Crippen LogP contribution >= 0.6 is 0 Å². The van der Waals surface area contributed by atoms with Crippen molar-refractivity contribution in [3.63, 3.8) is 0 Å². The highest BCUT2D eigenvalue weighted by Crippen LogP contribution is 2.23. The van der Waals surface area contributed by atoms with Crippen LogP contribution in [0.2, 0.25) is 0 Å². The molecule has 2 aromatic rings. The van der Waals surface area contributed by atoms with Gasteiger partial charge in [0, 0.05) is 24.2 Å². The predicted octanol–water partition coefficient (Wildman–Crippen LogP) is 2.72. The number of carbonyl (C=O) groups is 2. The van der Waals surface area contributed by atoms with Crippen LogP contribution in [-0.4, -0.2) is 46.4 Å². The molecule has 0 aliphatic carbocycles. The summed E-state index contributed by atoms with van der Waals surface area (Å²) in [6.45, 7) is 7.64. The highest BCUT2D eigenvalue weighted by atomic mass is 16.5. The smallest absolute Gasteiger partial charge is 0.323 e. The summed E-state index contributed by atoms with van der Waals surface area (Å²) in [7, 11) is 0. The Labute approximate surface area is 200 Å². The molecule has 0 amide bonds. The Morgan fingerprint density at radius 1 is 0.765 bits per heavy atom. The summed E-state index contributed by atoms with van der Waals surface area (Å²) in [6.07, 6.45) is 0.137. The fourth-order valence-electron chi connectivity index (χ4n) is 3.86. The largest absolute Gasteiger partial charge is 0.508 e. The second-order valence-corrected chi connectivity index (χ2v) is 9.17. The summed E-state index contributed by atoms with van der Waals surface area (Å²) in [5.41, 5.74) is 2.87. The zero-order chi connectivity index (χ0) is 24.8. The highest BCUT2D eigenvalue weighted by Gasteiger charge is 2.25. The average Bonchev–Trinajstić information content (AvgIpc) is 2.75. The Kier molecular flexibility index (Phi) is 8.52. The van der Waals surface area contributed by atoms with Gasteiger partial charge in [0.05, 0.1) is 12.2 Å². The minimum Gasteiger partial charge on any atom is -0.508 e. The third-order valence-corrected chi connectivity index (χ3v) is 5.52. The maximum Gasteiger partial charge on any atom is 0.323 e. The number of phenolic OH excluding ortho intramolecular Hbond substituents is 2. The van der Waals surface area contributed by atoms with Gasteiger partial charge in [-0.05, 0) is 63.8 Å². The summed E-state index contributed by atoms with van der Waals surface area (Å²) >= 11 is 0. The fraction of sp³-hybridized carbons (Fsp3) is 0.462. The lowest BCUT2D eigenvalue weighted by Gasteiger charge is -2.23. The van der Waals surface area contributed by atoms with Gasteiger partial charge in [0.15, 0.2) is 0 Å². The standard InChI is InChI=1S/C26H34N2O6/c1-15(2)33-25(31)21-11-17-5-7-24(30)20(9-17)14-28-22(26(32)34-16(3)4)12-18-6-8-23(29)19(10-18)13-27-21/h5-10,15-16,21-22,27-30H,11-14H2,1-4H3. The lowest BCUT2D eigenvalue weighted by Crippen LogP contribution is -2.41. The first kappa shape index (κ1) is 25.5. The van der Waals surface area contributed by atoms with E-state index < -0.39 is 12.1 Å². The van der Waals surface area contributed by atoms with Crippen molar-refractivity contribution in [2.45, 2.75) is 77.9 Å². The van der Waals surface area contributed by atoms with E-state index in [-0.39, 0.29) is 48.7 Å². The van der Waals surface area contributed by atoms with Gasteiger partial charge in [-0.2, -0.15) is 0 Å². The van der Waals surface area contributed by atoms with E-state index in [1.54, 1.807) is 52.0 Å². The molecule has 0 saturated heterocycles. The second kappa shape index (κ2) is 11.4. The van der Waals surface area contributed by atoms with E-state index in [2.05, 4.69) is 10.6 Å². The first-order chi connectivity index (χ1) is 16.1. The number of rotatable bonds is 4. The van der Waals surface area contributed by atoms with Crippen LogP contribution in [0, 0.1) is 0 Å². The number of aromatic hydroxyl groups is 2. The van der Waals surface area contributed by atoms with Gasteiger partial charge in [0.25, 0.3) is 0 Å². The zero-order valence-corrected chi connectivity index (χ0v) is 20.1. The summed E-state index contributed by atoms with van der Waals surface area (Å²) in [5.74, 6) is -0.579. The van der Waals surface area contributed by atoms with Gasteiger partial charge in [0.2, 0.25) is 0 Å². The number of fused-ring (bicyclic) bond motifs is 4. The molecule has 0 spiro atoms. The van der Waals surface area contributed by atoms with E-state index in [0.717, 1.165) is 11.1 Å². The van der Waals surface area contributed by atoms with Crippen molar-refractivity contribution in [2.24, 2.45) is 0 Å². The minimum absolute atomic E-state index is 0.0977. The van der Waals surface area contributed by atoms with Crippen LogP contribution in [0.1, 0.15) is 49.9 Å². The molecule has 8 heteroatoms. The van der Waals surface area contributed by atoms with Gasteiger partial charge < -0.3 is 19.7 Å². The maximum atomic E-state index is 12.8. The Balaban J connectivity index is 1.97. The lowest BCUT2D eigenvalue weighted by molar-refractivity contribution is -0.151. The van der Waals surface area contributed by atoms with Crippen molar-refractivity contribution in [3.8, 4) is 11.5 Å². The van der Waals surface area contributed by atoms with Gasteiger partial charge in [-0.1, -0.05) is 24.3 Å². The second-order valence-electron chi connectivity index (χ2n) is 9.17. The monoisotopic (exact) mass is 470 g/mol. The Bertz CT molecular complexity index is 939. The Morgan fingerprint density at radius 2 is 1.15 bits per heavy atom. The molecule has 2 aromatic carbocycles. The molecule has 34 heavy (non-hydrogen) atoms. The van der Waals surface area contributed by atoms with E-state index in [4.69, 9.17) is 9.47 Å². The van der Waals surface area contributed by atoms with Crippen molar-refractivity contribution in [2.75, 3.05) is 0 Å². The summed E-state index contributed by atoms with van der Waals surface area (Å²) in [6, 6.07) is 9.01. The first-order valence-corrected chi connectivity index (χ1v) is 11.6. The lowest BCUT2D eigenvalue weighted by atomic mass is 9.99. The maximum absolute atomic E-state index is 12.8. The molecule has 8 nitrogen and oxygen atoms in total. The number of carbonyl (C=O) groups excluding carboxylic acids is 2. The van der Waals surface area contributed by atoms with Crippen molar-refractivity contribution < 1.29 is 29.3 Å². The Morgan fingerprint density at radius 3 is 1.50 bits per heavy atom. The molecule has 1 aliphatic heterocycles. The van der Waals surface area contributed by atoms with E-state index in [1.165, 1.54) is 0 Å². The number of benzene rings is 2. The molecule has 0 radical (unpaired) electrons. The molecule has 4 N–H and O–H groups in total. The fourth-order valence-corrected chi connectivity index (χ4v) is 3.86. The molecule has 4 bridgehead atoms. The van der Waals surface area contributed by atoms with Gasteiger partial charge in [-0.25, -0.2) is 0 Å². The third-order valence-electron chi connectivity index (χ3n) is 5.52. The predicted molar refractivity (Wildman–Crippen MR) is 127 cm³/mol. The summed E-state index contributed by atoms with van der Waals surface area (Å²) in [4.78, 5) is 25.5. The van der Waals surface area contributed by atoms with Crippen LogP contribution in [-0.2, 0) is 45.0 Å². The third kappa shape index (κ3) is 6.95. The average molecular weight is 471 g/mol. The SMILES string of the molecule is CC(C)OC(=O)C1Cc2ccc(O)c(c2)CNC(C(=O)OC(C)C)Cc2ccc(O)c(c2)CN1. The molecule has 2 atom stereocenters. The van der Waals surface area contributed by atoms with E-state index in [0.29, 0.717) is 24.0 Å². The van der Waals surface area contributed by atoms with Crippen molar-refractivity contribution >= 4 is 11.9 Å². The molecular weight excluding hydrogens is 436 g/mol. The van der Waals surface area contributed by atoms with Crippen LogP contribution < -0.4 is 10.6 Å². The number of phenols is 2. The van der Waals surface area contributed by atoms with E-state index in [9.17, 15) is 19.8 Å². The molecule has 0 fully saturated rings. The summed E-state index contributed by atoms with van der Waals surface area (Å²) < 4.78 is 10.9. The minimum atomic E-state index is -0.646. The van der Waals surface area contributed by atoms with Crippen LogP contribution in [0.25, 0.3) is 0 Å². The zero-order valence-electron chi connectivity index (χ0n) is 20.1. The number of hydrogen-bond donors (Lipinski definition) is 4. The van der Waals surface area contributed by atoms with Crippen molar-refractivity contribution in [1.29, 1.82) is 0 Å². The van der Waals surface area contributed by atoms with E-state index >= 15 is 0 Å². The molecule has 3 rings (SSSR count). The molecule has 2 unspecified atom stereocenters. The van der Waals surface area contributed by atoms with E-state index in [1.807, 2.05) is 12.1 Å². The highest BCUT2D eigenvalue weighted by molar-refractivity contribution is 5.77. The van der Waals surface area contributed by atoms with Crippen molar-refractivity contribution in [1.82, 2.24) is 10.6 Å². The number of esters is 2. The summed E-state index contributed by atoms with van der Waals surface area (Å²) in [5, 5.41) is 27.2. The molecule has 184 valence electrons.